The van der Waals surface area contributed by atoms with Gasteiger partial charge in [0.25, 0.3) is 0 Å². The second-order valence-corrected chi connectivity index (χ2v) is 3.98. The highest BCUT2D eigenvalue weighted by molar-refractivity contribution is 5.93. The first kappa shape index (κ1) is 12.7. The summed E-state index contributed by atoms with van der Waals surface area (Å²) in [4.78, 5) is 22.6. The fraction of sp³-hybridized carbons (Fsp3) is 0.167. The van der Waals surface area contributed by atoms with Gasteiger partial charge in [-0.3, -0.25) is 4.79 Å². The first-order chi connectivity index (χ1) is 9.06. The number of aromatic carboxylic acids is 1. The van der Waals surface area contributed by atoms with Crippen LogP contribution in [0.1, 0.15) is 15.9 Å². The van der Waals surface area contributed by atoms with Crippen LogP contribution in [0.15, 0.2) is 30.6 Å². The topological polar surface area (TPSA) is 97.1 Å². The molecule has 0 bridgehead atoms. The Balaban J connectivity index is 2.05. The molecule has 7 nitrogen and oxygen atoms in total. The lowest BCUT2D eigenvalue weighted by Crippen LogP contribution is -2.19. The monoisotopic (exact) mass is 260 g/mol. The highest BCUT2D eigenvalue weighted by Gasteiger charge is 2.09. The van der Waals surface area contributed by atoms with Gasteiger partial charge in [-0.25, -0.2) is 9.48 Å². The maximum atomic E-state index is 11.7. The summed E-state index contributed by atoms with van der Waals surface area (Å²) in [6, 6.07) is 4.63. The minimum Gasteiger partial charge on any atom is -0.478 e. The van der Waals surface area contributed by atoms with Gasteiger partial charge in [-0.2, -0.15) is 0 Å². The molecule has 1 aromatic carbocycles. The Morgan fingerprint density at radius 2 is 2.21 bits per heavy atom. The van der Waals surface area contributed by atoms with Crippen LogP contribution < -0.4 is 5.32 Å². The predicted octanol–water partition coefficient (Wildman–Crippen LogP) is 0.923. The van der Waals surface area contributed by atoms with E-state index >= 15 is 0 Å². The van der Waals surface area contributed by atoms with Crippen LogP contribution in [0.5, 0.6) is 0 Å². The number of carbonyl (C=O) groups excluding carboxylic acids is 1. The molecule has 0 fully saturated rings. The van der Waals surface area contributed by atoms with Crippen molar-refractivity contribution in [1.82, 2.24) is 15.0 Å². The van der Waals surface area contributed by atoms with Crippen molar-refractivity contribution in [1.29, 1.82) is 0 Å². The number of aryl methyl sites for hydroxylation is 1. The molecule has 0 atom stereocenters. The molecule has 0 spiro atoms. The molecule has 0 aliphatic carbocycles. The maximum absolute atomic E-state index is 11.7. The molecule has 1 amide bonds. The van der Waals surface area contributed by atoms with Gasteiger partial charge < -0.3 is 10.4 Å². The first-order valence-electron chi connectivity index (χ1n) is 5.54. The molecule has 0 aliphatic rings. The highest BCUT2D eigenvalue weighted by atomic mass is 16.4. The van der Waals surface area contributed by atoms with Crippen molar-refractivity contribution in [2.24, 2.45) is 0 Å². The van der Waals surface area contributed by atoms with Crippen LogP contribution in [0, 0.1) is 6.92 Å². The molecule has 0 saturated carbocycles. The molecule has 7 heteroatoms. The summed E-state index contributed by atoms with van der Waals surface area (Å²) in [5.74, 6) is -1.24. The number of carboxylic acid groups (broad SMARTS) is 1. The lowest BCUT2D eigenvalue weighted by molar-refractivity contribution is -0.116. The molecule has 0 radical (unpaired) electrons. The minimum atomic E-state index is -0.988. The molecule has 2 rings (SSSR count). The van der Waals surface area contributed by atoms with Crippen molar-refractivity contribution in [3.8, 4) is 0 Å². The third-order valence-corrected chi connectivity index (χ3v) is 2.52. The number of carbonyl (C=O) groups is 2. The van der Waals surface area contributed by atoms with E-state index in [1.165, 1.54) is 16.9 Å². The van der Waals surface area contributed by atoms with Crippen LogP contribution in [-0.4, -0.2) is 32.0 Å². The van der Waals surface area contributed by atoms with Crippen LogP contribution >= 0.6 is 0 Å². The van der Waals surface area contributed by atoms with E-state index in [9.17, 15) is 9.59 Å². The molecule has 2 N–H and O–H groups in total. The highest BCUT2D eigenvalue weighted by Crippen LogP contribution is 2.15. The number of benzene rings is 1. The molecule has 0 aliphatic heterocycles. The van der Waals surface area contributed by atoms with Crippen molar-refractivity contribution in [3.05, 3.63) is 41.7 Å². The largest absolute Gasteiger partial charge is 0.478 e. The summed E-state index contributed by atoms with van der Waals surface area (Å²) in [5, 5.41) is 18.8. The Labute approximate surface area is 108 Å². The van der Waals surface area contributed by atoms with Gasteiger partial charge >= 0.3 is 5.97 Å². The number of hydrogen-bond donors (Lipinski definition) is 2. The third kappa shape index (κ3) is 3.15. The molecular weight excluding hydrogens is 248 g/mol. The van der Waals surface area contributed by atoms with Gasteiger partial charge in [-0.15, -0.1) is 5.10 Å². The van der Waals surface area contributed by atoms with Gasteiger partial charge in [0.1, 0.15) is 6.54 Å². The van der Waals surface area contributed by atoms with E-state index in [1.807, 2.05) is 0 Å². The van der Waals surface area contributed by atoms with E-state index in [1.54, 1.807) is 25.3 Å². The molecule has 1 aromatic heterocycles. The average Bonchev–Trinajstić information content (AvgIpc) is 2.81. The zero-order valence-electron chi connectivity index (χ0n) is 10.2. The smallest absolute Gasteiger partial charge is 0.335 e. The second kappa shape index (κ2) is 5.30. The number of aromatic nitrogens is 3. The summed E-state index contributed by atoms with van der Waals surface area (Å²) in [7, 11) is 0. The van der Waals surface area contributed by atoms with E-state index in [4.69, 9.17) is 5.11 Å². The van der Waals surface area contributed by atoms with E-state index in [2.05, 4.69) is 15.6 Å². The molecule has 0 unspecified atom stereocenters. The molecule has 19 heavy (non-hydrogen) atoms. The average molecular weight is 260 g/mol. The van der Waals surface area contributed by atoms with Gasteiger partial charge in [0.05, 0.1) is 11.8 Å². The summed E-state index contributed by atoms with van der Waals surface area (Å²) < 4.78 is 1.40. The zero-order valence-corrected chi connectivity index (χ0v) is 10.2. The summed E-state index contributed by atoms with van der Waals surface area (Å²) >= 11 is 0. The van der Waals surface area contributed by atoms with Crippen LogP contribution in [0.2, 0.25) is 0 Å². The number of nitrogens with zero attached hydrogens (tertiary/aromatic N) is 3. The third-order valence-electron chi connectivity index (χ3n) is 2.52. The van der Waals surface area contributed by atoms with Crippen LogP contribution in [0.3, 0.4) is 0 Å². The molecule has 0 saturated heterocycles. The lowest BCUT2D eigenvalue weighted by atomic mass is 10.1. The summed E-state index contributed by atoms with van der Waals surface area (Å²) in [6.07, 6.45) is 3.07. The predicted molar refractivity (Wildman–Crippen MR) is 66.8 cm³/mol. The van der Waals surface area contributed by atoms with E-state index in [0.717, 1.165) is 0 Å². The lowest BCUT2D eigenvalue weighted by Gasteiger charge is -2.07. The number of nitrogens with one attached hydrogen (secondary N) is 1. The summed E-state index contributed by atoms with van der Waals surface area (Å²) in [5.41, 5.74) is 1.35. The number of anilines is 1. The Hall–Kier alpha value is -2.70. The zero-order chi connectivity index (χ0) is 13.8. The normalized spacial score (nSPS) is 10.2. The van der Waals surface area contributed by atoms with Crippen molar-refractivity contribution < 1.29 is 14.7 Å². The molecule has 1 heterocycles. The molecule has 98 valence electrons. The van der Waals surface area contributed by atoms with Crippen molar-refractivity contribution in [3.63, 3.8) is 0 Å². The maximum Gasteiger partial charge on any atom is 0.335 e. The van der Waals surface area contributed by atoms with E-state index in [0.29, 0.717) is 11.3 Å². The van der Waals surface area contributed by atoms with Crippen LogP contribution in [0.4, 0.5) is 5.69 Å². The van der Waals surface area contributed by atoms with Crippen molar-refractivity contribution in [2.75, 3.05) is 5.32 Å². The van der Waals surface area contributed by atoms with Crippen LogP contribution in [-0.2, 0) is 11.3 Å². The van der Waals surface area contributed by atoms with Crippen molar-refractivity contribution in [2.45, 2.75) is 13.5 Å². The van der Waals surface area contributed by atoms with Crippen LogP contribution in [0.25, 0.3) is 0 Å². The Morgan fingerprint density at radius 1 is 1.42 bits per heavy atom. The number of amides is 1. The van der Waals surface area contributed by atoms with Gasteiger partial charge in [0, 0.05) is 11.9 Å². The van der Waals surface area contributed by atoms with Gasteiger partial charge in [-0.05, 0) is 30.7 Å². The van der Waals surface area contributed by atoms with Gasteiger partial charge in [0.15, 0.2) is 0 Å². The quantitative estimate of drug-likeness (QED) is 0.852. The molecule has 2 aromatic rings. The van der Waals surface area contributed by atoms with Gasteiger partial charge in [-0.1, -0.05) is 5.21 Å². The first-order valence-corrected chi connectivity index (χ1v) is 5.54. The minimum absolute atomic E-state index is 0.0553. The Kier molecular flexibility index (Phi) is 3.56. The SMILES string of the molecule is Cc1cc(NC(=O)Cn2ccnn2)ccc1C(=O)O. The Morgan fingerprint density at radius 3 is 2.79 bits per heavy atom. The number of hydrogen-bond acceptors (Lipinski definition) is 4. The van der Waals surface area contributed by atoms with Crippen molar-refractivity contribution >= 4 is 17.6 Å². The van der Waals surface area contributed by atoms with E-state index < -0.39 is 5.97 Å². The fourth-order valence-corrected chi connectivity index (χ4v) is 1.65. The Bertz CT molecular complexity index is 607. The van der Waals surface area contributed by atoms with Gasteiger partial charge in [0.2, 0.25) is 5.91 Å². The fourth-order valence-electron chi connectivity index (χ4n) is 1.65. The standard InChI is InChI=1S/C12H12N4O3/c1-8-6-9(2-3-10(8)12(18)19)14-11(17)7-16-5-4-13-15-16/h2-6H,7H2,1H3,(H,14,17)(H,18,19). The second-order valence-electron chi connectivity index (χ2n) is 3.98. The van der Waals surface area contributed by atoms with E-state index in [-0.39, 0.29) is 18.0 Å². The molecular formula is C12H12N4O3. The number of carboxylic acids is 1. The number of rotatable bonds is 4. The summed E-state index contributed by atoms with van der Waals surface area (Å²) in [6.45, 7) is 1.73.